The van der Waals surface area contributed by atoms with Crippen LogP contribution in [0.5, 0.6) is 0 Å². The summed E-state index contributed by atoms with van der Waals surface area (Å²) < 4.78 is 6.73. The maximum Gasteiger partial charge on any atom is 0.238 e. The molecule has 0 saturated heterocycles. The van der Waals surface area contributed by atoms with Crippen LogP contribution in [0.3, 0.4) is 0 Å². The largest absolute Gasteiger partial charge is 0.383 e. The van der Waals surface area contributed by atoms with Crippen LogP contribution < -0.4 is 10.6 Å². The standard InChI is InChI=1S/C14H19N5O2/c1-19-10-16-18-14(19)11-4-3-5-12(8-11)17-13(20)9-15-6-7-21-2/h3-5,8,10,15H,6-7,9H2,1-2H3,(H,17,20). The summed E-state index contributed by atoms with van der Waals surface area (Å²) in [5.74, 6) is 0.658. The highest BCUT2D eigenvalue weighted by atomic mass is 16.5. The van der Waals surface area contributed by atoms with Gasteiger partial charge >= 0.3 is 0 Å². The molecule has 0 radical (unpaired) electrons. The van der Waals surface area contributed by atoms with Gasteiger partial charge in [0.1, 0.15) is 6.33 Å². The smallest absolute Gasteiger partial charge is 0.238 e. The highest BCUT2D eigenvalue weighted by Crippen LogP contribution is 2.19. The van der Waals surface area contributed by atoms with Crippen LogP contribution in [0.15, 0.2) is 30.6 Å². The first-order valence-electron chi connectivity index (χ1n) is 6.64. The molecule has 0 unspecified atom stereocenters. The van der Waals surface area contributed by atoms with Crippen molar-refractivity contribution >= 4 is 11.6 Å². The number of carbonyl (C=O) groups excluding carboxylic acids is 1. The fourth-order valence-electron chi connectivity index (χ4n) is 1.86. The van der Waals surface area contributed by atoms with E-state index in [4.69, 9.17) is 4.74 Å². The van der Waals surface area contributed by atoms with Crippen LogP contribution in [-0.2, 0) is 16.6 Å². The van der Waals surface area contributed by atoms with E-state index < -0.39 is 0 Å². The lowest BCUT2D eigenvalue weighted by molar-refractivity contribution is -0.115. The van der Waals surface area contributed by atoms with Crippen LogP contribution in [0.2, 0.25) is 0 Å². The van der Waals surface area contributed by atoms with Crippen molar-refractivity contribution < 1.29 is 9.53 Å². The third kappa shape index (κ3) is 4.37. The Labute approximate surface area is 123 Å². The molecule has 2 rings (SSSR count). The van der Waals surface area contributed by atoms with E-state index in [-0.39, 0.29) is 12.5 Å². The van der Waals surface area contributed by atoms with Gasteiger partial charge in [-0.3, -0.25) is 4.79 Å². The first-order chi connectivity index (χ1) is 10.2. The number of nitrogens with zero attached hydrogens (tertiary/aromatic N) is 3. The van der Waals surface area contributed by atoms with Gasteiger partial charge in [0, 0.05) is 32.0 Å². The number of methoxy groups -OCH3 is 1. The molecule has 2 N–H and O–H groups in total. The number of aromatic nitrogens is 3. The van der Waals surface area contributed by atoms with Gasteiger partial charge in [-0.1, -0.05) is 12.1 Å². The quantitative estimate of drug-likeness (QED) is 0.732. The monoisotopic (exact) mass is 289 g/mol. The van der Waals surface area contributed by atoms with E-state index in [1.807, 2.05) is 35.9 Å². The normalized spacial score (nSPS) is 10.6. The average molecular weight is 289 g/mol. The molecule has 1 amide bonds. The number of aryl methyl sites for hydroxylation is 1. The van der Waals surface area contributed by atoms with Crippen LogP contribution in [0.25, 0.3) is 11.4 Å². The Morgan fingerprint density at radius 1 is 1.43 bits per heavy atom. The summed E-state index contributed by atoms with van der Waals surface area (Å²) in [4.78, 5) is 11.8. The predicted octanol–water partition coefficient (Wildman–Crippen LogP) is 0.657. The minimum absolute atomic E-state index is 0.0961. The second kappa shape index (κ2) is 7.51. The van der Waals surface area contributed by atoms with Gasteiger partial charge < -0.3 is 19.9 Å². The molecule has 0 bridgehead atoms. The molecule has 0 fully saturated rings. The van der Waals surface area contributed by atoms with Gasteiger partial charge in [-0.25, -0.2) is 0 Å². The lowest BCUT2D eigenvalue weighted by Crippen LogP contribution is -2.30. The van der Waals surface area contributed by atoms with E-state index in [1.165, 1.54) is 0 Å². The molecule has 21 heavy (non-hydrogen) atoms. The molecule has 0 saturated carbocycles. The number of nitrogens with one attached hydrogen (secondary N) is 2. The second-order valence-corrected chi connectivity index (χ2v) is 4.56. The molecule has 7 heteroatoms. The second-order valence-electron chi connectivity index (χ2n) is 4.56. The van der Waals surface area contributed by atoms with E-state index in [1.54, 1.807) is 13.4 Å². The number of carbonyl (C=O) groups is 1. The molecule has 1 aromatic heterocycles. The molecule has 0 atom stereocenters. The lowest BCUT2D eigenvalue weighted by Gasteiger charge is -2.08. The van der Waals surface area contributed by atoms with Crippen LogP contribution in [0, 0.1) is 0 Å². The number of hydrogen-bond acceptors (Lipinski definition) is 5. The summed E-state index contributed by atoms with van der Waals surface area (Å²) in [5, 5.41) is 13.7. The zero-order valence-electron chi connectivity index (χ0n) is 12.2. The highest BCUT2D eigenvalue weighted by molar-refractivity contribution is 5.92. The highest BCUT2D eigenvalue weighted by Gasteiger charge is 2.07. The van der Waals surface area contributed by atoms with Crippen molar-refractivity contribution in [2.45, 2.75) is 0 Å². The zero-order valence-corrected chi connectivity index (χ0v) is 12.2. The Morgan fingerprint density at radius 3 is 3.00 bits per heavy atom. The molecular weight excluding hydrogens is 270 g/mol. The number of benzene rings is 1. The van der Waals surface area contributed by atoms with E-state index >= 15 is 0 Å². The third-order valence-electron chi connectivity index (χ3n) is 2.88. The van der Waals surface area contributed by atoms with Crippen molar-refractivity contribution in [1.29, 1.82) is 0 Å². The topological polar surface area (TPSA) is 81.1 Å². The van der Waals surface area contributed by atoms with Crippen molar-refractivity contribution in [2.24, 2.45) is 7.05 Å². The van der Waals surface area contributed by atoms with Crippen LogP contribution >= 0.6 is 0 Å². The third-order valence-corrected chi connectivity index (χ3v) is 2.88. The summed E-state index contributed by atoms with van der Waals surface area (Å²) in [7, 11) is 3.50. The number of amides is 1. The van der Waals surface area contributed by atoms with E-state index in [9.17, 15) is 4.79 Å². The Kier molecular flexibility index (Phi) is 5.42. The lowest BCUT2D eigenvalue weighted by atomic mass is 10.2. The summed E-state index contributed by atoms with van der Waals surface area (Å²) in [5.41, 5.74) is 1.63. The molecule has 112 valence electrons. The molecule has 0 aliphatic carbocycles. The van der Waals surface area contributed by atoms with E-state index in [2.05, 4.69) is 20.8 Å². The molecule has 7 nitrogen and oxygen atoms in total. The summed E-state index contributed by atoms with van der Waals surface area (Å²) in [6.45, 7) is 1.47. The van der Waals surface area contributed by atoms with Gasteiger partial charge in [0.05, 0.1) is 13.2 Å². The van der Waals surface area contributed by atoms with Crippen LogP contribution in [0.4, 0.5) is 5.69 Å². The van der Waals surface area contributed by atoms with E-state index in [0.717, 1.165) is 17.1 Å². The Bertz CT molecular complexity index is 597. The van der Waals surface area contributed by atoms with Crippen molar-refractivity contribution in [3.63, 3.8) is 0 Å². The van der Waals surface area contributed by atoms with Gasteiger partial charge in [-0.05, 0) is 12.1 Å². The number of ether oxygens (including phenoxy) is 1. The van der Waals surface area contributed by atoms with Gasteiger partial charge in [-0.2, -0.15) is 0 Å². The molecule has 2 aromatic rings. The maximum atomic E-state index is 11.8. The van der Waals surface area contributed by atoms with E-state index in [0.29, 0.717) is 13.2 Å². The summed E-state index contributed by atoms with van der Waals surface area (Å²) in [6.07, 6.45) is 1.64. The number of anilines is 1. The van der Waals surface area contributed by atoms with Crippen molar-refractivity contribution in [2.75, 3.05) is 32.1 Å². The number of hydrogen-bond donors (Lipinski definition) is 2. The minimum atomic E-state index is -0.0961. The van der Waals surface area contributed by atoms with Crippen molar-refractivity contribution in [3.05, 3.63) is 30.6 Å². The fourth-order valence-corrected chi connectivity index (χ4v) is 1.86. The van der Waals surface area contributed by atoms with Crippen molar-refractivity contribution in [1.82, 2.24) is 20.1 Å². The van der Waals surface area contributed by atoms with Gasteiger partial charge in [0.15, 0.2) is 5.82 Å². The van der Waals surface area contributed by atoms with Gasteiger partial charge in [0.25, 0.3) is 0 Å². The Balaban J connectivity index is 1.95. The molecule has 1 aromatic carbocycles. The molecule has 1 heterocycles. The summed E-state index contributed by atoms with van der Waals surface area (Å²) >= 11 is 0. The Morgan fingerprint density at radius 2 is 2.29 bits per heavy atom. The van der Waals surface area contributed by atoms with Crippen LogP contribution in [-0.4, -0.2) is 47.5 Å². The fraction of sp³-hybridized carbons (Fsp3) is 0.357. The van der Waals surface area contributed by atoms with Gasteiger partial charge in [0.2, 0.25) is 5.91 Å². The predicted molar refractivity (Wildman–Crippen MR) is 79.8 cm³/mol. The summed E-state index contributed by atoms with van der Waals surface area (Å²) in [6, 6.07) is 7.51. The molecular formula is C14H19N5O2. The van der Waals surface area contributed by atoms with Crippen LogP contribution in [0.1, 0.15) is 0 Å². The average Bonchev–Trinajstić information content (AvgIpc) is 2.90. The first kappa shape index (κ1) is 15.1. The zero-order chi connectivity index (χ0) is 15.1. The van der Waals surface area contributed by atoms with Crippen molar-refractivity contribution in [3.8, 4) is 11.4 Å². The Hall–Kier alpha value is -2.25. The maximum absolute atomic E-state index is 11.8. The molecule has 0 aliphatic heterocycles. The first-order valence-corrected chi connectivity index (χ1v) is 6.64. The number of rotatable bonds is 7. The SMILES string of the molecule is COCCNCC(=O)Nc1cccc(-c2nncn2C)c1. The van der Waals surface area contributed by atoms with Gasteiger partial charge in [-0.15, -0.1) is 10.2 Å². The molecule has 0 spiro atoms. The minimum Gasteiger partial charge on any atom is -0.383 e. The molecule has 0 aliphatic rings.